The number of Topliss-reactive ketones (excluding diaryl/α,β-unsaturated/α-hetero) is 1. The lowest BCUT2D eigenvalue weighted by molar-refractivity contribution is -0.118. The van der Waals surface area contributed by atoms with Gasteiger partial charge in [-0.15, -0.1) is 0 Å². The van der Waals surface area contributed by atoms with Gasteiger partial charge in [-0.05, 0) is 119 Å². The summed E-state index contributed by atoms with van der Waals surface area (Å²) in [5.74, 6) is 1.39. The summed E-state index contributed by atoms with van der Waals surface area (Å²) in [6.45, 7) is 8.66. The number of hydrogen-bond donors (Lipinski definition) is 1. The standard InChI is InChI=1S/C34H34IN3O3/c1-20-14-21(2)27(15-22(20)19-41-26-12-10-25(40-5)11-13-26)31-28(18-36)33(37)38(24-8-6-23(35)7-9-24)29-16-34(3,4)17-30(39)32(29)31/h6-15,31H,16-17,19,37H2,1-5H3. The van der Waals surface area contributed by atoms with E-state index in [0.717, 1.165) is 48.7 Å². The molecule has 0 spiro atoms. The fraction of sp³-hybridized carbons (Fsp3) is 0.294. The van der Waals surface area contributed by atoms with Crippen molar-refractivity contribution in [2.45, 2.75) is 53.1 Å². The van der Waals surface area contributed by atoms with Gasteiger partial charge in [-0.1, -0.05) is 26.0 Å². The molecule has 5 rings (SSSR count). The van der Waals surface area contributed by atoms with E-state index in [1.807, 2.05) is 60.4 Å². The average molecular weight is 660 g/mol. The van der Waals surface area contributed by atoms with Crippen LogP contribution in [0, 0.1) is 34.2 Å². The second kappa shape index (κ2) is 11.2. The summed E-state index contributed by atoms with van der Waals surface area (Å²) >= 11 is 2.27. The number of methoxy groups -OCH3 is 1. The second-order valence-electron chi connectivity index (χ2n) is 11.6. The van der Waals surface area contributed by atoms with Gasteiger partial charge in [0.15, 0.2) is 5.78 Å². The number of carbonyl (C=O) groups is 1. The van der Waals surface area contributed by atoms with Gasteiger partial charge in [0.2, 0.25) is 0 Å². The minimum Gasteiger partial charge on any atom is -0.497 e. The number of nitrogens with two attached hydrogens (primary N) is 1. The molecule has 1 atom stereocenters. The summed E-state index contributed by atoms with van der Waals surface area (Å²) in [7, 11) is 1.63. The number of rotatable bonds is 6. The van der Waals surface area contributed by atoms with E-state index >= 15 is 0 Å². The third kappa shape index (κ3) is 5.58. The molecule has 41 heavy (non-hydrogen) atoms. The first kappa shape index (κ1) is 28.7. The van der Waals surface area contributed by atoms with Gasteiger partial charge in [-0.3, -0.25) is 9.69 Å². The van der Waals surface area contributed by atoms with Crippen molar-refractivity contribution in [1.82, 2.24) is 0 Å². The predicted molar refractivity (Wildman–Crippen MR) is 169 cm³/mol. The minimum absolute atomic E-state index is 0.0630. The molecule has 210 valence electrons. The molecule has 1 heterocycles. The molecule has 0 fully saturated rings. The van der Waals surface area contributed by atoms with E-state index < -0.39 is 5.92 Å². The van der Waals surface area contributed by atoms with Gasteiger partial charge in [0, 0.05) is 26.9 Å². The van der Waals surface area contributed by atoms with Gasteiger partial charge in [0.05, 0.1) is 24.7 Å². The van der Waals surface area contributed by atoms with Crippen LogP contribution in [0.3, 0.4) is 0 Å². The maximum Gasteiger partial charge on any atom is 0.162 e. The zero-order chi connectivity index (χ0) is 29.5. The molecule has 6 nitrogen and oxygen atoms in total. The SMILES string of the molecule is COc1ccc(OCc2cc(C3C(C#N)=C(N)N(c4ccc(I)cc4)C4=C3C(=O)CC(C)(C)C4)c(C)cc2C)cc1. The Bertz CT molecular complexity index is 1610. The topological polar surface area (TPSA) is 88.6 Å². The van der Waals surface area contributed by atoms with Gasteiger partial charge in [-0.25, -0.2) is 0 Å². The molecule has 1 aliphatic carbocycles. The molecule has 2 aliphatic rings. The first-order valence-corrected chi connectivity index (χ1v) is 14.7. The summed E-state index contributed by atoms with van der Waals surface area (Å²) in [5.41, 5.74) is 13.4. The van der Waals surface area contributed by atoms with Crippen molar-refractivity contribution in [3.63, 3.8) is 0 Å². The van der Waals surface area contributed by atoms with Gasteiger partial charge in [0.25, 0.3) is 0 Å². The Morgan fingerprint density at radius 3 is 2.32 bits per heavy atom. The molecule has 1 aliphatic heterocycles. The summed E-state index contributed by atoms with van der Waals surface area (Å²) in [6, 6.07) is 22.1. The summed E-state index contributed by atoms with van der Waals surface area (Å²) in [6.07, 6.45) is 1.09. The Labute approximate surface area is 255 Å². The molecule has 0 saturated heterocycles. The van der Waals surface area contributed by atoms with E-state index in [1.54, 1.807) is 7.11 Å². The number of carbonyl (C=O) groups excluding carboxylic acids is 1. The van der Waals surface area contributed by atoms with Crippen LogP contribution in [0.5, 0.6) is 11.5 Å². The first-order valence-electron chi connectivity index (χ1n) is 13.6. The molecular formula is C34H34IN3O3. The van der Waals surface area contributed by atoms with Crippen LogP contribution in [-0.2, 0) is 11.4 Å². The second-order valence-corrected chi connectivity index (χ2v) is 12.8. The molecule has 0 saturated carbocycles. The Morgan fingerprint density at radius 1 is 1.02 bits per heavy atom. The lowest BCUT2D eigenvalue weighted by Crippen LogP contribution is -2.42. The quantitative estimate of drug-likeness (QED) is 0.277. The van der Waals surface area contributed by atoms with Gasteiger partial charge >= 0.3 is 0 Å². The molecule has 0 amide bonds. The van der Waals surface area contributed by atoms with Crippen LogP contribution in [0.2, 0.25) is 0 Å². The molecule has 2 N–H and O–H groups in total. The number of allylic oxidation sites excluding steroid dienone is 3. The summed E-state index contributed by atoms with van der Waals surface area (Å²) in [4.78, 5) is 15.9. The monoisotopic (exact) mass is 659 g/mol. The highest BCUT2D eigenvalue weighted by Crippen LogP contribution is 2.51. The van der Waals surface area contributed by atoms with Gasteiger partial charge in [0.1, 0.15) is 23.9 Å². The summed E-state index contributed by atoms with van der Waals surface area (Å²) in [5, 5.41) is 10.5. The van der Waals surface area contributed by atoms with E-state index in [-0.39, 0.29) is 11.2 Å². The fourth-order valence-electron chi connectivity index (χ4n) is 5.92. The maximum atomic E-state index is 14.0. The first-order chi connectivity index (χ1) is 19.5. The molecule has 7 heteroatoms. The molecule has 0 radical (unpaired) electrons. The predicted octanol–water partition coefficient (Wildman–Crippen LogP) is 7.44. The molecule has 1 unspecified atom stereocenters. The van der Waals surface area contributed by atoms with Crippen molar-refractivity contribution in [2.24, 2.45) is 11.1 Å². The fourth-order valence-corrected chi connectivity index (χ4v) is 6.28. The number of halogens is 1. The number of aryl methyl sites for hydroxylation is 2. The third-order valence-electron chi connectivity index (χ3n) is 7.96. The zero-order valence-electron chi connectivity index (χ0n) is 24.0. The Kier molecular flexibility index (Phi) is 7.89. The third-order valence-corrected chi connectivity index (χ3v) is 8.67. The van der Waals surface area contributed by atoms with E-state index in [2.05, 4.69) is 61.6 Å². The van der Waals surface area contributed by atoms with E-state index in [0.29, 0.717) is 36.4 Å². The normalized spacial score (nSPS) is 18.2. The maximum absolute atomic E-state index is 14.0. The highest BCUT2D eigenvalue weighted by atomic mass is 127. The molecule has 0 aromatic heterocycles. The van der Waals surface area contributed by atoms with Crippen molar-refractivity contribution in [2.75, 3.05) is 12.0 Å². The number of benzene rings is 3. The Morgan fingerprint density at radius 2 is 1.68 bits per heavy atom. The van der Waals surface area contributed by atoms with Crippen molar-refractivity contribution in [3.05, 3.63) is 109 Å². The lowest BCUT2D eigenvalue weighted by atomic mass is 9.68. The van der Waals surface area contributed by atoms with Crippen LogP contribution in [-0.4, -0.2) is 12.9 Å². The van der Waals surface area contributed by atoms with Crippen molar-refractivity contribution >= 4 is 34.1 Å². The molecule has 3 aromatic carbocycles. The number of anilines is 1. The van der Waals surface area contributed by atoms with Crippen molar-refractivity contribution in [1.29, 1.82) is 5.26 Å². The zero-order valence-corrected chi connectivity index (χ0v) is 26.2. The van der Waals surface area contributed by atoms with Crippen LogP contribution in [0.4, 0.5) is 5.69 Å². The lowest BCUT2D eigenvalue weighted by Gasteiger charge is -2.44. The molecule has 0 bridgehead atoms. The highest BCUT2D eigenvalue weighted by Gasteiger charge is 2.45. The number of ether oxygens (including phenoxy) is 2. The molecule has 3 aromatic rings. The van der Waals surface area contributed by atoms with E-state index in [9.17, 15) is 10.1 Å². The van der Waals surface area contributed by atoms with Crippen LogP contribution in [0.15, 0.2) is 83.3 Å². The smallest absolute Gasteiger partial charge is 0.162 e. The van der Waals surface area contributed by atoms with Crippen LogP contribution in [0.1, 0.15) is 54.9 Å². The number of hydrogen-bond acceptors (Lipinski definition) is 6. The van der Waals surface area contributed by atoms with Crippen molar-refractivity contribution < 1.29 is 14.3 Å². The van der Waals surface area contributed by atoms with Crippen LogP contribution >= 0.6 is 22.6 Å². The largest absolute Gasteiger partial charge is 0.497 e. The molecular weight excluding hydrogens is 625 g/mol. The minimum atomic E-state index is -0.543. The van der Waals surface area contributed by atoms with Gasteiger partial charge in [-0.2, -0.15) is 5.26 Å². The Balaban J connectivity index is 1.63. The number of nitriles is 1. The van der Waals surface area contributed by atoms with E-state index in [4.69, 9.17) is 15.2 Å². The van der Waals surface area contributed by atoms with Crippen LogP contribution in [0.25, 0.3) is 0 Å². The number of nitrogens with zero attached hydrogens (tertiary/aromatic N) is 2. The van der Waals surface area contributed by atoms with E-state index in [1.165, 1.54) is 0 Å². The van der Waals surface area contributed by atoms with Gasteiger partial charge < -0.3 is 15.2 Å². The number of ketones is 1. The average Bonchev–Trinajstić information content (AvgIpc) is 2.92. The Hall–Kier alpha value is -3.77. The highest BCUT2D eigenvalue weighted by molar-refractivity contribution is 14.1. The van der Waals surface area contributed by atoms with Crippen LogP contribution < -0.4 is 20.1 Å². The van der Waals surface area contributed by atoms with Crippen molar-refractivity contribution in [3.8, 4) is 17.6 Å². The summed E-state index contributed by atoms with van der Waals surface area (Å²) < 4.78 is 12.5.